The summed E-state index contributed by atoms with van der Waals surface area (Å²) in [5.41, 5.74) is 6.94. The molecule has 0 bridgehead atoms. The number of hydrogen-bond donors (Lipinski definition) is 2. The van der Waals surface area contributed by atoms with E-state index in [1.54, 1.807) is 6.33 Å². The lowest BCUT2D eigenvalue weighted by Gasteiger charge is -2.07. The molecule has 0 spiro atoms. The number of hydrogen-bond acceptors (Lipinski definition) is 3. The molecule has 0 saturated heterocycles. The van der Waals surface area contributed by atoms with E-state index in [0.29, 0.717) is 12.5 Å². The minimum atomic E-state index is 0.407. The molecule has 0 aliphatic heterocycles. The fourth-order valence-corrected chi connectivity index (χ4v) is 2.50. The molecule has 6 nitrogen and oxygen atoms in total. The van der Waals surface area contributed by atoms with Crippen molar-refractivity contribution in [2.24, 2.45) is 10.7 Å². The van der Waals surface area contributed by atoms with Crippen molar-refractivity contribution in [3.63, 3.8) is 0 Å². The monoisotopic (exact) mass is 328 g/mol. The van der Waals surface area contributed by atoms with Crippen molar-refractivity contribution in [1.82, 2.24) is 20.1 Å². The molecule has 1 heterocycles. The number of benzene rings is 1. The summed E-state index contributed by atoms with van der Waals surface area (Å²) >= 11 is 0. The number of nitrogens with two attached hydrogens (primary N) is 1. The second-order valence-corrected chi connectivity index (χ2v) is 5.85. The van der Waals surface area contributed by atoms with Gasteiger partial charge < -0.3 is 11.1 Å². The van der Waals surface area contributed by atoms with Crippen LogP contribution in [0.5, 0.6) is 0 Å². The van der Waals surface area contributed by atoms with Crippen LogP contribution in [0.15, 0.2) is 41.7 Å². The lowest BCUT2D eigenvalue weighted by Crippen LogP contribution is -2.32. The Balaban J connectivity index is 1.74. The number of rotatable bonds is 10. The van der Waals surface area contributed by atoms with Gasteiger partial charge >= 0.3 is 0 Å². The van der Waals surface area contributed by atoms with Gasteiger partial charge in [-0.1, -0.05) is 57.2 Å². The number of para-hydroxylation sites is 1. The molecular formula is C18H28N6. The van der Waals surface area contributed by atoms with Gasteiger partial charge in [-0.3, -0.25) is 4.57 Å². The van der Waals surface area contributed by atoms with E-state index in [9.17, 15) is 0 Å². The van der Waals surface area contributed by atoms with E-state index in [1.807, 2.05) is 34.9 Å². The highest BCUT2D eigenvalue weighted by Crippen LogP contribution is 2.09. The van der Waals surface area contributed by atoms with Gasteiger partial charge in [0.2, 0.25) is 0 Å². The van der Waals surface area contributed by atoms with Crippen LogP contribution in [0, 0.1) is 0 Å². The van der Waals surface area contributed by atoms with Crippen molar-refractivity contribution >= 4 is 5.96 Å². The number of aliphatic imine (C=N–C) groups is 1. The number of aromatic nitrogens is 3. The van der Waals surface area contributed by atoms with E-state index in [2.05, 4.69) is 27.4 Å². The topological polar surface area (TPSA) is 81.1 Å². The number of nitrogens with one attached hydrogen (secondary N) is 1. The first kappa shape index (κ1) is 18.0. The number of nitrogens with zero attached hydrogens (tertiary/aromatic N) is 4. The van der Waals surface area contributed by atoms with Crippen molar-refractivity contribution in [2.75, 3.05) is 6.54 Å². The van der Waals surface area contributed by atoms with E-state index in [1.165, 1.54) is 32.1 Å². The van der Waals surface area contributed by atoms with Crippen LogP contribution >= 0.6 is 0 Å². The Morgan fingerprint density at radius 3 is 2.67 bits per heavy atom. The zero-order chi connectivity index (χ0) is 17.0. The molecule has 0 aliphatic rings. The van der Waals surface area contributed by atoms with Crippen LogP contribution in [0.25, 0.3) is 5.69 Å². The maximum atomic E-state index is 5.92. The number of guanidine groups is 1. The average molecular weight is 328 g/mol. The second kappa shape index (κ2) is 10.4. The van der Waals surface area contributed by atoms with E-state index in [0.717, 1.165) is 24.5 Å². The van der Waals surface area contributed by atoms with Gasteiger partial charge in [0.05, 0.1) is 0 Å². The first-order chi connectivity index (χ1) is 11.8. The van der Waals surface area contributed by atoms with Crippen molar-refractivity contribution in [3.05, 3.63) is 42.5 Å². The molecule has 6 heteroatoms. The highest BCUT2D eigenvalue weighted by atomic mass is 15.3. The van der Waals surface area contributed by atoms with E-state index in [-0.39, 0.29) is 0 Å². The van der Waals surface area contributed by atoms with Gasteiger partial charge in [0.25, 0.3) is 0 Å². The molecule has 1 aromatic carbocycles. The Labute approximate surface area is 144 Å². The van der Waals surface area contributed by atoms with Crippen LogP contribution in [0.1, 0.15) is 51.3 Å². The molecule has 1 aromatic heterocycles. The Kier molecular flexibility index (Phi) is 7.80. The maximum absolute atomic E-state index is 5.92. The molecule has 2 rings (SSSR count). The lowest BCUT2D eigenvalue weighted by atomic mass is 10.1. The van der Waals surface area contributed by atoms with Crippen molar-refractivity contribution < 1.29 is 0 Å². The minimum absolute atomic E-state index is 0.407. The molecule has 24 heavy (non-hydrogen) atoms. The summed E-state index contributed by atoms with van der Waals surface area (Å²) in [6.45, 7) is 3.51. The Bertz CT molecular complexity index is 605. The molecular weight excluding hydrogens is 300 g/mol. The van der Waals surface area contributed by atoms with Crippen LogP contribution in [-0.4, -0.2) is 27.3 Å². The van der Waals surface area contributed by atoms with Crippen molar-refractivity contribution in [2.45, 2.75) is 52.0 Å². The number of unbranched alkanes of at least 4 members (excludes halogenated alkanes) is 5. The molecule has 0 fully saturated rings. The van der Waals surface area contributed by atoms with Gasteiger partial charge in [-0.2, -0.15) is 0 Å². The highest BCUT2D eigenvalue weighted by Gasteiger charge is 2.05. The average Bonchev–Trinajstić information content (AvgIpc) is 3.08. The summed E-state index contributed by atoms with van der Waals surface area (Å²) in [5, 5.41) is 11.3. The van der Waals surface area contributed by atoms with Gasteiger partial charge in [-0.25, -0.2) is 4.99 Å². The third-order valence-electron chi connectivity index (χ3n) is 3.88. The summed E-state index contributed by atoms with van der Waals surface area (Å²) in [6.07, 6.45) is 9.30. The van der Waals surface area contributed by atoms with Crippen molar-refractivity contribution in [1.29, 1.82) is 0 Å². The molecule has 0 unspecified atom stereocenters. The Hall–Kier alpha value is -2.37. The summed E-state index contributed by atoms with van der Waals surface area (Å²) in [5.74, 6) is 1.23. The Morgan fingerprint density at radius 1 is 1.12 bits per heavy atom. The molecule has 2 aromatic rings. The van der Waals surface area contributed by atoms with Crippen molar-refractivity contribution in [3.8, 4) is 5.69 Å². The zero-order valence-corrected chi connectivity index (χ0v) is 14.5. The van der Waals surface area contributed by atoms with E-state index in [4.69, 9.17) is 5.73 Å². The largest absolute Gasteiger partial charge is 0.370 e. The molecule has 0 aliphatic carbocycles. The summed E-state index contributed by atoms with van der Waals surface area (Å²) < 4.78 is 1.92. The van der Waals surface area contributed by atoms with Crippen LogP contribution in [0.3, 0.4) is 0 Å². The SMILES string of the molecule is CCCCCCCCNC(N)=NCc1nncn1-c1ccccc1. The molecule has 130 valence electrons. The fourth-order valence-electron chi connectivity index (χ4n) is 2.50. The minimum Gasteiger partial charge on any atom is -0.370 e. The zero-order valence-electron chi connectivity index (χ0n) is 14.5. The van der Waals surface area contributed by atoms with Crippen LogP contribution in [0.2, 0.25) is 0 Å². The standard InChI is InChI=1S/C18H28N6/c1-2-3-4-5-6-10-13-20-18(19)21-14-17-23-22-15-24(17)16-11-8-7-9-12-16/h7-9,11-12,15H,2-6,10,13-14H2,1H3,(H3,19,20,21). The summed E-state index contributed by atoms with van der Waals surface area (Å²) in [7, 11) is 0. The van der Waals surface area contributed by atoms with Gasteiger partial charge in [0.1, 0.15) is 12.9 Å². The van der Waals surface area contributed by atoms with Crippen LogP contribution in [-0.2, 0) is 6.54 Å². The smallest absolute Gasteiger partial charge is 0.189 e. The maximum Gasteiger partial charge on any atom is 0.189 e. The second-order valence-electron chi connectivity index (χ2n) is 5.85. The summed E-state index contributed by atoms with van der Waals surface area (Å²) in [6, 6.07) is 9.97. The van der Waals surface area contributed by atoms with Gasteiger partial charge in [0.15, 0.2) is 11.8 Å². The molecule has 0 saturated carbocycles. The van der Waals surface area contributed by atoms with Crippen LogP contribution in [0.4, 0.5) is 0 Å². The quantitative estimate of drug-likeness (QED) is 0.399. The highest BCUT2D eigenvalue weighted by molar-refractivity contribution is 5.77. The van der Waals surface area contributed by atoms with Crippen LogP contribution < -0.4 is 11.1 Å². The molecule has 3 N–H and O–H groups in total. The molecule has 0 amide bonds. The van der Waals surface area contributed by atoms with Gasteiger partial charge in [-0.15, -0.1) is 10.2 Å². The fraction of sp³-hybridized carbons (Fsp3) is 0.500. The summed E-state index contributed by atoms with van der Waals surface area (Å²) in [4.78, 5) is 4.36. The van der Waals surface area contributed by atoms with Gasteiger partial charge in [-0.05, 0) is 18.6 Å². The predicted molar refractivity (Wildman–Crippen MR) is 98.1 cm³/mol. The first-order valence-corrected chi connectivity index (χ1v) is 8.79. The van der Waals surface area contributed by atoms with Gasteiger partial charge in [0, 0.05) is 12.2 Å². The molecule has 0 radical (unpaired) electrons. The first-order valence-electron chi connectivity index (χ1n) is 8.79. The predicted octanol–water partition coefficient (Wildman–Crippen LogP) is 3.03. The lowest BCUT2D eigenvalue weighted by molar-refractivity contribution is 0.601. The van der Waals surface area contributed by atoms with E-state index < -0.39 is 0 Å². The third-order valence-corrected chi connectivity index (χ3v) is 3.88. The van der Waals surface area contributed by atoms with E-state index >= 15 is 0 Å². The normalized spacial score (nSPS) is 11.6. The third kappa shape index (κ3) is 6.02. The molecule has 0 atom stereocenters. The Morgan fingerprint density at radius 2 is 1.88 bits per heavy atom.